The summed E-state index contributed by atoms with van der Waals surface area (Å²) in [5, 5.41) is 9.56. The first-order valence-electron chi connectivity index (χ1n) is 11.9. The molecular weight excluding hydrogens is 423 g/mol. The fourth-order valence-electron chi connectivity index (χ4n) is 5.26. The van der Waals surface area contributed by atoms with Crippen molar-refractivity contribution in [2.45, 2.75) is 64.3 Å². The van der Waals surface area contributed by atoms with Crippen LogP contribution in [0.1, 0.15) is 69.9 Å². The lowest BCUT2D eigenvalue weighted by molar-refractivity contribution is -0.130. The van der Waals surface area contributed by atoms with Crippen LogP contribution >= 0.6 is 0 Å². The number of hydrogen-bond donors (Lipinski definition) is 0. The van der Waals surface area contributed by atoms with Gasteiger partial charge in [0.05, 0.1) is 5.69 Å². The highest BCUT2D eigenvalue weighted by molar-refractivity contribution is 5.84. The van der Waals surface area contributed by atoms with Crippen LogP contribution in [0.4, 0.5) is 4.39 Å². The fourth-order valence-corrected chi connectivity index (χ4v) is 5.26. The molecule has 4 heterocycles. The second kappa shape index (κ2) is 8.85. The Bertz CT molecular complexity index is 1140. The van der Waals surface area contributed by atoms with Gasteiger partial charge < -0.3 is 14.3 Å². The van der Waals surface area contributed by atoms with E-state index in [-0.39, 0.29) is 29.5 Å². The third kappa shape index (κ3) is 4.14. The molecule has 0 N–H and O–H groups in total. The van der Waals surface area contributed by atoms with Gasteiger partial charge in [0, 0.05) is 37.4 Å². The Hall–Kier alpha value is -2.81. The van der Waals surface area contributed by atoms with Gasteiger partial charge in [0.15, 0.2) is 0 Å². The number of nitrogens with zero attached hydrogens (tertiary/aromatic N) is 6. The average molecular weight is 455 g/mol. The van der Waals surface area contributed by atoms with E-state index < -0.39 is 0 Å². The third-order valence-corrected chi connectivity index (χ3v) is 7.15. The van der Waals surface area contributed by atoms with Gasteiger partial charge in [-0.05, 0) is 55.9 Å². The lowest BCUT2D eigenvalue weighted by atomic mass is 9.93. The zero-order valence-electron chi connectivity index (χ0n) is 19.5. The van der Waals surface area contributed by atoms with Gasteiger partial charge in [0.1, 0.15) is 11.3 Å². The highest BCUT2D eigenvalue weighted by atomic mass is 19.1. The second-order valence-corrected chi connectivity index (χ2v) is 9.57. The quantitative estimate of drug-likeness (QED) is 0.596. The molecule has 176 valence electrons. The minimum Gasteiger partial charge on any atom is -0.343 e. The van der Waals surface area contributed by atoms with Crippen molar-refractivity contribution >= 4 is 16.8 Å². The Balaban J connectivity index is 1.29. The summed E-state index contributed by atoms with van der Waals surface area (Å²) in [4.78, 5) is 20.7. The number of likely N-dealkylation sites (tertiary alicyclic amines) is 2. The van der Waals surface area contributed by atoms with Crippen LogP contribution in [0, 0.1) is 5.82 Å². The van der Waals surface area contributed by atoms with Crippen LogP contribution in [0.15, 0.2) is 22.7 Å². The number of hydrogen-bond acceptors (Lipinski definition) is 6. The zero-order valence-corrected chi connectivity index (χ0v) is 19.5. The van der Waals surface area contributed by atoms with Gasteiger partial charge in [-0.25, -0.2) is 4.39 Å². The van der Waals surface area contributed by atoms with Crippen molar-refractivity contribution in [3.63, 3.8) is 0 Å². The molecule has 0 saturated carbocycles. The Kier molecular flexibility index (Phi) is 5.90. The maximum atomic E-state index is 14.7. The number of benzene rings is 1. The average Bonchev–Trinajstić information content (AvgIpc) is 3.45. The maximum Gasteiger partial charge on any atom is 0.291 e. The Morgan fingerprint density at radius 2 is 1.85 bits per heavy atom. The minimum absolute atomic E-state index is 0.147. The van der Waals surface area contributed by atoms with Crippen LogP contribution in [0.25, 0.3) is 16.9 Å². The molecule has 9 heteroatoms. The molecule has 5 rings (SSSR count). The number of amides is 1. The smallest absolute Gasteiger partial charge is 0.291 e. The summed E-state index contributed by atoms with van der Waals surface area (Å²) in [6.45, 7) is 9.37. The van der Waals surface area contributed by atoms with Crippen molar-refractivity contribution in [3.8, 4) is 5.95 Å². The van der Waals surface area contributed by atoms with Crippen LogP contribution in [-0.4, -0.2) is 67.8 Å². The first-order valence-corrected chi connectivity index (χ1v) is 11.9. The van der Waals surface area contributed by atoms with Crippen LogP contribution in [-0.2, 0) is 4.79 Å². The predicted molar refractivity (Wildman–Crippen MR) is 122 cm³/mol. The molecule has 0 aliphatic carbocycles. The molecule has 33 heavy (non-hydrogen) atoms. The molecule has 3 aromatic rings. The SMILES string of the molecule is CC(=O)N1CCC(N2CCC(c3nc(-n4nc(C(C)C)c5cccc(F)c54)no3)CC2)CC1. The first kappa shape index (κ1) is 22.0. The maximum absolute atomic E-state index is 14.7. The molecular formula is C24H31FN6O2. The topological polar surface area (TPSA) is 80.3 Å². The van der Waals surface area contributed by atoms with Gasteiger partial charge in [0.2, 0.25) is 11.8 Å². The molecule has 0 spiro atoms. The predicted octanol–water partition coefficient (Wildman–Crippen LogP) is 3.86. The molecule has 2 fully saturated rings. The Labute approximate surface area is 192 Å². The van der Waals surface area contributed by atoms with Crippen molar-refractivity contribution in [3.05, 3.63) is 35.6 Å². The minimum atomic E-state index is -0.345. The van der Waals surface area contributed by atoms with E-state index in [1.807, 2.05) is 24.8 Å². The van der Waals surface area contributed by atoms with Gasteiger partial charge in [-0.2, -0.15) is 14.8 Å². The number of piperidine rings is 2. The van der Waals surface area contributed by atoms with E-state index in [4.69, 9.17) is 4.52 Å². The van der Waals surface area contributed by atoms with Crippen molar-refractivity contribution in [2.24, 2.45) is 0 Å². The van der Waals surface area contributed by atoms with Gasteiger partial charge in [0.25, 0.3) is 5.95 Å². The van der Waals surface area contributed by atoms with Crippen molar-refractivity contribution < 1.29 is 13.7 Å². The molecule has 2 saturated heterocycles. The normalized spacial score (nSPS) is 19.1. The first-order chi connectivity index (χ1) is 15.9. The van der Waals surface area contributed by atoms with E-state index in [9.17, 15) is 9.18 Å². The molecule has 0 bridgehead atoms. The number of carbonyl (C=O) groups excluding carboxylic acids is 1. The summed E-state index contributed by atoms with van der Waals surface area (Å²) in [5.41, 5.74) is 1.21. The fraction of sp³-hybridized carbons (Fsp3) is 0.583. The molecule has 2 aliphatic heterocycles. The van der Waals surface area contributed by atoms with Crippen molar-refractivity contribution in [1.82, 2.24) is 29.7 Å². The van der Waals surface area contributed by atoms with E-state index in [1.165, 1.54) is 10.7 Å². The monoisotopic (exact) mass is 454 g/mol. The number of halogens is 1. The van der Waals surface area contributed by atoms with E-state index in [1.54, 1.807) is 13.0 Å². The molecule has 0 radical (unpaired) electrons. The third-order valence-electron chi connectivity index (χ3n) is 7.15. The molecule has 2 aromatic heterocycles. The largest absolute Gasteiger partial charge is 0.343 e. The summed E-state index contributed by atoms with van der Waals surface area (Å²) >= 11 is 0. The van der Waals surface area contributed by atoms with Gasteiger partial charge in [-0.1, -0.05) is 26.0 Å². The molecule has 2 aliphatic rings. The number of para-hydroxylation sites is 1. The van der Waals surface area contributed by atoms with Gasteiger partial charge in [-0.15, -0.1) is 0 Å². The van der Waals surface area contributed by atoms with Crippen LogP contribution < -0.4 is 0 Å². The van der Waals surface area contributed by atoms with Crippen LogP contribution in [0.3, 0.4) is 0 Å². The summed E-state index contributed by atoms with van der Waals surface area (Å²) in [6, 6.07) is 5.55. The summed E-state index contributed by atoms with van der Waals surface area (Å²) in [5.74, 6) is 1.05. The second-order valence-electron chi connectivity index (χ2n) is 9.57. The Morgan fingerprint density at radius 1 is 1.12 bits per heavy atom. The van der Waals surface area contributed by atoms with Crippen LogP contribution in [0.5, 0.6) is 0 Å². The number of aromatic nitrogens is 4. The highest BCUT2D eigenvalue weighted by Crippen LogP contribution is 2.32. The highest BCUT2D eigenvalue weighted by Gasteiger charge is 2.31. The summed E-state index contributed by atoms with van der Waals surface area (Å²) in [6.07, 6.45) is 3.95. The molecule has 8 nitrogen and oxygen atoms in total. The van der Waals surface area contributed by atoms with Crippen LogP contribution in [0.2, 0.25) is 0 Å². The lowest BCUT2D eigenvalue weighted by Gasteiger charge is -2.41. The number of carbonyl (C=O) groups is 1. The van der Waals surface area contributed by atoms with E-state index >= 15 is 0 Å². The standard InChI is InChI=1S/C24H31FN6O2/c1-15(2)21-19-5-4-6-20(25)22(19)31(27-21)24-26-23(33-28-24)17-7-11-30(12-8-17)18-9-13-29(14-10-18)16(3)32/h4-6,15,17-18H,7-14H2,1-3H3. The molecule has 1 aromatic carbocycles. The van der Waals surface area contributed by atoms with E-state index in [0.29, 0.717) is 17.4 Å². The van der Waals surface area contributed by atoms with E-state index in [2.05, 4.69) is 20.1 Å². The summed E-state index contributed by atoms with van der Waals surface area (Å²) in [7, 11) is 0. The van der Waals surface area contributed by atoms with E-state index in [0.717, 1.165) is 62.9 Å². The molecule has 1 amide bonds. The molecule has 0 atom stereocenters. The van der Waals surface area contributed by atoms with Crippen molar-refractivity contribution in [1.29, 1.82) is 0 Å². The van der Waals surface area contributed by atoms with Crippen molar-refractivity contribution in [2.75, 3.05) is 26.2 Å². The van der Waals surface area contributed by atoms with Gasteiger partial charge >= 0.3 is 0 Å². The Morgan fingerprint density at radius 3 is 2.52 bits per heavy atom. The number of rotatable bonds is 4. The summed E-state index contributed by atoms with van der Waals surface area (Å²) < 4.78 is 21.8. The number of fused-ring (bicyclic) bond motifs is 1. The van der Waals surface area contributed by atoms with Gasteiger partial charge in [-0.3, -0.25) is 4.79 Å². The molecule has 0 unspecified atom stereocenters. The lowest BCUT2D eigenvalue weighted by Crippen LogP contribution is -2.48. The zero-order chi connectivity index (χ0) is 23.1.